The van der Waals surface area contributed by atoms with Crippen LogP contribution in [-0.4, -0.2) is 58.0 Å². The molecule has 0 atom stereocenters. The summed E-state index contributed by atoms with van der Waals surface area (Å²) in [6.07, 6.45) is 0.982. The van der Waals surface area contributed by atoms with Gasteiger partial charge in [0.05, 0.1) is 10.9 Å². The highest BCUT2D eigenvalue weighted by molar-refractivity contribution is 7.71. The molecule has 0 unspecified atom stereocenters. The minimum atomic E-state index is -0.152. The van der Waals surface area contributed by atoms with Crippen LogP contribution in [0.1, 0.15) is 23.7 Å². The monoisotopic (exact) mass is 346 g/mol. The number of rotatable bonds is 2. The summed E-state index contributed by atoms with van der Waals surface area (Å²) in [4.78, 5) is 32.3. The van der Waals surface area contributed by atoms with Gasteiger partial charge in [0.1, 0.15) is 0 Å². The van der Waals surface area contributed by atoms with Gasteiger partial charge < -0.3 is 14.8 Å². The van der Waals surface area contributed by atoms with Gasteiger partial charge in [-0.1, -0.05) is 6.92 Å². The van der Waals surface area contributed by atoms with Gasteiger partial charge in [-0.25, -0.2) is 0 Å². The van der Waals surface area contributed by atoms with Crippen molar-refractivity contribution in [1.29, 1.82) is 0 Å². The molecule has 0 bridgehead atoms. The number of nitrogens with one attached hydrogen (secondary N) is 1. The Labute approximate surface area is 145 Å². The normalized spacial score (nSPS) is 16.3. The highest BCUT2D eigenvalue weighted by Crippen LogP contribution is 2.14. The number of aromatic nitrogens is 2. The third-order valence-corrected chi connectivity index (χ3v) is 5.05. The largest absolute Gasteiger partial charge is 0.337 e. The van der Waals surface area contributed by atoms with E-state index in [1.807, 2.05) is 4.90 Å². The van der Waals surface area contributed by atoms with Crippen molar-refractivity contribution in [3.8, 4) is 0 Å². The van der Waals surface area contributed by atoms with E-state index in [0.29, 0.717) is 21.2 Å². The van der Waals surface area contributed by atoms with Gasteiger partial charge >= 0.3 is 0 Å². The first-order chi connectivity index (χ1) is 11.5. The van der Waals surface area contributed by atoms with Gasteiger partial charge in [0, 0.05) is 32.2 Å². The number of hydrogen-bond donors (Lipinski definition) is 1. The first kappa shape index (κ1) is 16.9. The lowest BCUT2D eigenvalue weighted by Gasteiger charge is -2.21. The fraction of sp³-hybridized carbons (Fsp3) is 0.471. The fourth-order valence-corrected chi connectivity index (χ4v) is 3.30. The lowest BCUT2D eigenvalue weighted by Crippen LogP contribution is -2.35. The van der Waals surface area contributed by atoms with Crippen LogP contribution < -0.4 is 5.56 Å². The number of benzene rings is 1. The zero-order chi connectivity index (χ0) is 17.3. The van der Waals surface area contributed by atoms with Crippen LogP contribution in [0.25, 0.3) is 10.9 Å². The molecule has 1 aromatic heterocycles. The second-order valence-corrected chi connectivity index (χ2v) is 6.52. The van der Waals surface area contributed by atoms with Crippen molar-refractivity contribution in [3.05, 3.63) is 38.9 Å². The number of hydrogen-bond acceptors (Lipinski definition) is 4. The molecule has 24 heavy (non-hydrogen) atoms. The van der Waals surface area contributed by atoms with Crippen LogP contribution in [0.5, 0.6) is 0 Å². The van der Waals surface area contributed by atoms with Gasteiger partial charge in [0.15, 0.2) is 4.77 Å². The Hall–Kier alpha value is -1.99. The number of carbonyl (C=O) groups excluding carboxylic acids is 1. The van der Waals surface area contributed by atoms with E-state index in [2.05, 4.69) is 16.8 Å². The Balaban J connectivity index is 1.92. The number of amides is 1. The molecule has 0 spiro atoms. The minimum absolute atomic E-state index is 0.00912. The summed E-state index contributed by atoms with van der Waals surface area (Å²) in [5.41, 5.74) is 1.05. The van der Waals surface area contributed by atoms with Gasteiger partial charge in [0.25, 0.3) is 11.5 Å². The lowest BCUT2D eigenvalue weighted by atomic mass is 10.1. The number of aromatic amines is 1. The van der Waals surface area contributed by atoms with Crippen molar-refractivity contribution in [2.45, 2.75) is 13.3 Å². The Morgan fingerprint density at radius 2 is 2.04 bits per heavy atom. The summed E-state index contributed by atoms with van der Waals surface area (Å²) in [5.74, 6) is 0.00912. The highest BCUT2D eigenvalue weighted by Gasteiger charge is 2.20. The van der Waals surface area contributed by atoms with Crippen molar-refractivity contribution in [2.24, 2.45) is 7.05 Å². The predicted molar refractivity (Wildman–Crippen MR) is 97.0 cm³/mol. The van der Waals surface area contributed by atoms with Crippen molar-refractivity contribution in [1.82, 2.24) is 19.4 Å². The van der Waals surface area contributed by atoms with Crippen LogP contribution in [0.4, 0.5) is 0 Å². The maximum absolute atomic E-state index is 12.8. The van der Waals surface area contributed by atoms with Crippen molar-refractivity contribution >= 4 is 29.0 Å². The highest BCUT2D eigenvalue weighted by atomic mass is 32.1. The van der Waals surface area contributed by atoms with Crippen molar-refractivity contribution < 1.29 is 4.79 Å². The number of nitrogens with zero attached hydrogens (tertiary/aromatic N) is 3. The molecule has 0 saturated carbocycles. The van der Waals surface area contributed by atoms with Gasteiger partial charge in [-0.2, -0.15) is 0 Å². The Morgan fingerprint density at radius 3 is 2.79 bits per heavy atom. The topological polar surface area (TPSA) is 61.3 Å². The zero-order valence-corrected chi connectivity index (χ0v) is 14.9. The maximum Gasteiger partial charge on any atom is 0.261 e. The zero-order valence-electron chi connectivity index (χ0n) is 14.0. The molecular formula is C17H22N4O2S. The van der Waals surface area contributed by atoms with E-state index < -0.39 is 0 Å². The summed E-state index contributed by atoms with van der Waals surface area (Å²) in [6.45, 7) is 6.58. The molecule has 0 aliphatic carbocycles. The minimum Gasteiger partial charge on any atom is -0.337 e. The van der Waals surface area contributed by atoms with E-state index in [9.17, 15) is 9.59 Å². The number of carbonyl (C=O) groups is 1. The summed E-state index contributed by atoms with van der Waals surface area (Å²) in [6, 6.07) is 5.16. The third-order valence-electron chi connectivity index (χ3n) is 4.67. The second kappa shape index (κ2) is 6.86. The quantitative estimate of drug-likeness (QED) is 0.842. The molecule has 1 saturated heterocycles. The van der Waals surface area contributed by atoms with E-state index in [-0.39, 0.29) is 11.5 Å². The SMILES string of the molecule is CCN1CCCN(C(=O)c2ccc3c(=O)n(C)c(=S)[nH]c3c2)CC1. The molecule has 0 radical (unpaired) electrons. The van der Waals surface area contributed by atoms with Crippen LogP contribution in [0.15, 0.2) is 23.0 Å². The Morgan fingerprint density at radius 1 is 1.25 bits per heavy atom. The molecule has 1 aliphatic rings. The number of H-pyrrole nitrogens is 1. The van der Waals surface area contributed by atoms with Gasteiger partial charge in [0.2, 0.25) is 0 Å². The maximum atomic E-state index is 12.8. The molecule has 1 aliphatic heterocycles. The van der Waals surface area contributed by atoms with Gasteiger partial charge in [-0.05, 0) is 49.9 Å². The average Bonchev–Trinajstić information content (AvgIpc) is 2.84. The molecule has 2 heterocycles. The number of likely N-dealkylation sites (N-methyl/N-ethyl adjacent to an activating group) is 1. The average molecular weight is 346 g/mol. The molecular weight excluding hydrogens is 324 g/mol. The molecule has 1 aromatic carbocycles. The van der Waals surface area contributed by atoms with Crippen LogP contribution in [0, 0.1) is 4.77 Å². The molecule has 3 rings (SSSR count). The molecule has 1 amide bonds. The van der Waals surface area contributed by atoms with E-state index >= 15 is 0 Å². The molecule has 2 aromatic rings. The molecule has 1 N–H and O–H groups in total. The van der Waals surface area contributed by atoms with Crippen LogP contribution in [-0.2, 0) is 7.05 Å². The van der Waals surface area contributed by atoms with Crippen LogP contribution >= 0.6 is 12.2 Å². The van der Waals surface area contributed by atoms with Gasteiger partial charge in [-0.15, -0.1) is 0 Å². The standard InChI is InChI=1S/C17H22N4O2S/c1-3-20-7-4-8-21(10-9-20)15(22)12-5-6-13-14(11-12)18-17(24)19(2)16(13)23/h5-6,11H,3-4,7-10H2,1-2H3,(H,18,24). The van der Waals surface area contributed by atoms with E-state index in [4.69, 9.17) is 12.2 Å². The first-order valence-corrected chi connectivity index (χ1v) is 8.66. The third kappa shape index (κ3) is 3.14. The van der Waals surface area contributed by atoms with Crippen LogP contribution in [0.3, 0.4) is 0 Å². The van der Waals surface area contributed by atoms with Crippen molar-refractivity contribution in [3.63, 3.8) is 0 Å². The van der Waals surface area contributed by atoms with E-state index in [0.717, 1.165) is 39.1 Å². The molecule has 6 nitrogen and oxygen atoms in total. The summed E-state index contributed by atoms with van der Waals surface area (Å²) in [7, 11) is 1.64. The predicted octanol–water partition coefficient (Wildman–Crippen LogP) is 1.76. The van der Waals surface area contributed by atoms with Gasteiger partial charge in [-0.3, -0.25) is 14.2 Å². The fourth-order valence-electron chi connectivity index (χ4n) is 3.11. The van der Waals surface area contributed by atoms with E-state index in [1.54, 1.807) is 25.2 Å². The summed E-state index contributed by atoms with van der Waals surface area (Å²) >= 11 is 5.15. The molecule has 1 fully saturated rings. The lowest BCUT2D eigenvalue weighted by molar-refractivity contribution is 0.0762. The smallest absolute Gasteiger partial charge is 0.261 e. The summed E-state index contributed by atoms with van der Waals surface area (Å²) < 4.78 is 1.75. The van der Waals surface area contributed by atoms with Crippen molar-refractivity contribution in [2.75, 3.05) is 32.7 Å². The summed E-state index contributed by atoms with van der Waals surface area (Å²) in [5, 5.41) is 0.538. The molecule has 7 heteroatoms. The Bertz CT molecular complexity index is 886. The van der Waals surface area contributed by atoms with Crippen LogP contribution in [0.2, 0.25) is 0 Å². The van der Waals surface area contributed by atoms with E-state index in [1.165, 1.54) is 4.57 Å². The second-order valence-electron chi connectivity index (χ2n) is 6.13. The number of fused-ring (bicyclic) bond motifs is 1. The first-order valence-electron chi connectivity index (χ1n) is 8.26. The molecule has 128 valence electrons. The Kier molecular flexibility index (Phi) is 4.82.